The van der Waals surface area contributed by atoms with E-state index in [9.17, 15) is 0 Å². The second-order valence-corrected chi connectivity index (χ2v) is 6.71. The Labute approximate surface area is 105 Å². The topological polar surface area (TPSA) is 15.3 Å². The molecule has 94 valence electrons. The van der Waals surface area contributed by atoms with Gasteiger partial charge in [0.05, 0.1) is 0 Å². The van der Waals surface area contributed by atoms with Crippen LogP contribution in [0, 0.1) is 0 Å². The number of nitrogens with one attached hydrogen (secondary N) is 1. The maximum Gasteiger partial charge on any atom is 0.0172 e. The first-order valence-corrected chi connectivity index (χ1v) is 7.97. The predicted octanol–water partition coefficient (Wildman–Crippen LogP) is 2.35. The maximum atomic E-state index is 3.72. The molecule has 1 N–H and O–H groups in total. The van der Waals surface area contributed by atoms with E-state index in [-0.39, 0.29) is 0 Å². The number of thioether (sulfide) groups is 1. The fraction of sp³-hybridized carbons (Fsp3) is 1.00. The lowest BCUT2D eigenvalue weighted by Gasteiger charge is -2.26. The van der Waals surface area contributed by atoms with Gasteiger partial charge < -0.3 is 10.2 Å². The van der Waals surface area contributed by atoms with E-state index in [0.717, 1.165) is 5.25 Å². The molecule has 2 nitrogen and oxygen atoms in total. The number of likely N-dealkylation sites (tertiary alicyclic amines) is 1. The van der Waals surface area contributed by atoms with Crippen molar-refractivity contribution in [3.8, 4) is 0 Å². The summed E-state index contributed by atoms with van der Waals surface area (Å²) < 4.78 is 0. The largest absolute Gasteiger partial charge is 0.312 e. The highest BCUT2D eigenvalue weighted by molar-refractivity contribution is 7.99. The Morgan fingerprint density at radius 2 is 2.06 bits per heavy atom. The lowest BCUT2D eigenvalue weighted by molar-refractivity contribution is 0.298. The van der Waals surface area contributed by atoms with E-state index in [4.69, 9.17) is 0 Å². The van der Waals surface area contributed by atoms with Crippen molar-refractivity contribution in [2.75, 3.05) is 31.9 Å². The van der Waals surface area contributed by atoms with Gasteiger partial charge in [0.25, 0.3) is 0 Å². The molecule has 2 aliphatic heterocycles. The quantitative estimate of drug-likeness (QED) is 0.797. The summed E-state index contributed by atoms with van der Waals surface area (Å²) in [4.78, 5) is 2.60. The van der Waals surface area contributed by atoms with Gasteiger partial charge in [0.15, 0.2) is 0 Å². The fourth-order valence-electron chi connectivity index (χ4n) is 2.72. The van der Waals surface area contributed by atoms with Crippen molar-refractivity contribution in [3.05, 3.63) is 0 Å². The molecule has 2 fully saturated rings. The molecule has 0 aromatic heterocycles. The molecule has 16 heavy (non-hydrogen) atoms. The van der Waals surface area contributed by atoms with Crippen LogP contribution in [-0.2, 0) is 0 Å². The summed E-state index contributed by atoms with van der Waals surface area (Å²) in [6.45, 7) is 7.46. The average Bonchev–Trinajstić information content (AvgIpc) is 2.81. The fourth-order valence-corrected chi connectivity index (χ4v) is 3.97. The van der Waals surface area contributed by atoms with Gasteiger partial charge in [0.2, 0.25) is 0 Å². The van der Waals surface area contributed by atoms with Crippen molar-refractivity contribution in [3.63, 3.8) is 0 Å². The zero-order chi connectivity index (χ0) is 11.2. The Balaban J connectivity index is 1.57. The van der Waals surface area contributed by atoms with Crippen LogP contribution in [0.1, 0.15) is 39.0 Å². The van der Waals surface area contributed by atoms with Gasteiger partial charge in [-0.25, -0.2) is 0 Å². The van der Waals surface area contributed by atoms with Crippen LogP contribution in [0.25, 0.3) is 0 Å². The molecular weight excluding hydrogens is 216 g/mol. The van der Waals surface area contributed by atoms with Crippen LogP contribution in [0.3, 0.4) is 0 Å². The van der Waals surface area contributed by atoms with Crippen LogP contribution in [0.2, 0.25) is 0 Å². The lowest BCUT2D eigenvalue weighted by Crippen LogP contribution is -2.41. The van der Waals surface area contributed by atoms with Gasteiger partial charge in [-0.2, -0.15) is 11.8 Å². The lowest BCUT2D eigenvalue weighted by atomic mass is 10.2. The van der Waals surface area contributed by atoms with E-state index in [1.165, 1.54) is 64.0 Å². The molecule has 3 heteroatoms. The van der Waals surface area contributed by atoms with E-state index >= 15 is 0 Å². The zero-order valence-electron chi connectivity index (χ0n) is 10.6. The summed E-state index contributed by atoms with van der Waals surface area (Å²) >= 11 is 2.17. The highest BCUT2D eigenvalue weighted by Gasteiger charge is 2.17. The average molecular weight is 242 g/mol. The standard InChI is InChI=1S/C13H26N2S/c1-12(11-15-7-3-4-8-15)14-10-13-6-2-5-9-16-13/h12-14H,2-11H2,1H3. The normalized spacial score (nSPS) is 29.4. The SMILES string of the molecule is CC(CN1CCCC1)NCC1CCCCS1. The first kappa shape index (κ1) is 12.7. The summed E-state index contributed by atoms with van der Waals surface area (Å²) in [7, 11) is 0. The summed E-state index contributed by atoms with van der Waals surface area (Å²) in [5, 5.41) is 4.60. The van der Waals surface area contributed by atoms with E-state index in [0.29, 0.717) is 6.04 Å². The Morgan fingerprint density at radius 3 is 2.75 bits per heavy atom. The minimum Gasteiger partial charge on any atom is -0.312 e. The van der Waals surface area contributed by atoms with E-state index in [2.05, 4.69) is 28.9 Å². The van der Waals surface area contributed by atoms with Crippen molar-refractivity contribution >= 4 is 11.8 Å². The van der Waals surface area contributed by atoms with Gasteiger partial charge >= 0.3 is 0 Å². The molecule has 0 saturated carbocycles. The van der Waals surface area contributed by atoms with Crippen molar-refractivity contribution in [1.29, 1.82) is 0 Å². The third-order valence-corrected chi connectivity index (χ3v) is 5.10. The van der Waals surface area contributed by atoms with Crippen molar-refractivity contribution in [2.45, 2.75) is 50.3 Å². The molecule has 0 amide bonds. The van der Waals surface area contributed by atoms with Crippen LogP contribution in [0.15, 0.2) is 0 Å². The molecule has 0 aliphatic carbocycles. The van der Waals surface area contributed by atoms with E-state index in [1.54, 1.807) is 0 Å². The van der Waals surface area contributed by atoms with Gasteiger partial charge in [-0.05, 0) is 51.4 Å². The Morgan fingerprint density at radius 1 is 1.25 bits per heavy atom. The minimum absolute atomic E-state index is 0.667. The van der Waals surface area contributed by atoms with Gasteiger partial charge in [-0.1, -0.05) is 6.42 Å². The van der Waals surface area contributed by atoms with Crippen molar-refractivity contribution < 1.29 is 0 Å². The van der Waals surface area contributed by atoms with Crippen LogP contribution in [0.5, 0.6) is 0 Å². The third-order valence-electron chi connectivity index (χ3n) is 3.70. The van der Waals surface area contributed by atoms with Gasteiger partial charge in [-0.3, -0.25) is 0 Å². The number of hydrogen-bond acceptors (Lipinski definition) is 3. The predicted molar refractivity (Wildman–Crippen MR) is 73.2 cm³/mol. The monoisotopic (exact) mass is 242 g/mol. The number of rotatable bonds is 5. The molecular formula is C13H26N2S. The molecule has 0 aromatic rings. The highest BCUT2D eigenvalue weighted by atomic mass is 32.2. The second kappa shape index (κ2) is 6.87. The number of hydrogen-bond donors (Lipinski definition) is 1. The van der Waals surface area contributed by atoms with E-state index in [1.807, 2.05) is 0 Å². The molecule has 2 heterocycles. The molecule has 2 rings (SSSR count). The molecule has 0 aromatic carbocycles. The summed E-state index contributed by atoms with van der Waals surface area (Å²) in [6.07, 6.45) is 7.12. The molecule has 2 atom stereocenters. The smallest absolute Gasteiger partial charge is 0.0172 e. The molecule has 2 aliphatic rings. The summed E-state index contributed by atoms with van der Waals surface area (Å²) in [5.74, 6) is 1.38. The first-order valence-electron chi connectivity index (χ1n) is 6.92. The van der Waals surface area contributed by atoms with Crippen LogP contribution in [0.4, 0.5) is 0 Å². The molecule has 0 spiro atoms. The van der Waals surface area contributed by atoms with Gasteiger partial charge in [0, 0.05) is 24.4 Å². The maximum absolute atomic E-state index is 3.72. The Kier molecular flexibility index (Phi) is 5.46. The summed E-state index contributed by atoms with van der Waals surface area (Å²) in [5.41, 5.74) is 0. The molecule has 0 bridgehead atoms. The highest BCUT2D eigenvalue weighted by Crippen LogP contribution is 2.24. The summed E-state index contributed by atoms with van der Waals surface area (Å²) in [6, 6.07) is 0.667. The molecule has 2 unspecified atom stereocenters. The second-order valence-electron chi connectivity index (χ2n) is 5.31. The minimum atomic E-state index is 0.667. The van der Waals surface area contributed by atoms with Crippen LogP contribution >= 0.6 is 11.8 Å². The zero-order valence-corrected chi connectivity index (χ0v) is 11.4. The van der Waals surface area contributed by atoms with Crippen LogP contribution in [-0.4, -0.2) is 48.1 Å². The number of nitrogens with zero attached hydrogens (tertiary/aromatic N) is 1. The van der Waals surface area contributed by atoms with Crippen molar-refractivity contribution in [1.82, 2.24) is 10.2 Å². The Hall–Kier alpha value is 0.270. The van der Waals surface area contributed by atoms with Gasteiger partial charge in [0.1, 0.15) is 0 Å². The van der Waals surface area contributed by atoms with Crippen molar-refractivity contribution in [2.24, 2.45) is 0 Å². The molecule has 0 radical (unpaired) electrons. The van der Waals surface area contributed by atoms with E-state index < -0.39 is 0 Å². The van der Waals surface area contributed by atoms with Gasteiger partial charge in [-0.15, -0.1) is 0 Å². The Bertz CT molecular complexity index is 186. The first-order chi connectivity index (χ1) is 7.84. The van der Waals surface area contributed by atoms with Crippen LogP contribution < -0.4 is 5.32 Å². The molecule has 2 saturated heterocycles. The third kappa shape index (κ3) is 4.27.